The van der Waals surface area contributed by atoms with E-state index in [-0.39, 0.29) is 17.7 Å². The van der Waals surface area contributed by atoms with Crippen molar-refractivity contribution >= 4 is 29.1 Å². The van der Waals surface area contributed by atoms with Gasteiger partial charge in [0.2, 0.25) is 11.8 Å². The zero-order valence-electron chi connectivity index (χ0n) is 12.2. The van der Waals surface area contributed by atoms with Gasteiger partial charge in [-0.1, -0.05) is 11.6 Å². The van der Waals surface area contributed by atoms with Crippen LogP contribution in [-0.2, 0) is 9.59 Å². The monoisotopic (exact) mass is 310 g/mol. The average molecular weight is 311 g/mol. The Morgan fingerprint density at radius 1 is 1.43 bits per heavy atom. The Kier molecular flexibility index (Phi) is 5.07. The van der Waals surface area contributed by atoms with Gasteiger partial charge in [0, 0.05) is 31.0 Å². The predicted octanol–water partition coefficient (Wildman–Crippen LogP) is 2.23. The number of nitrogens with zero attached hydrogens (tertiary/aromatic N) is 1. The molecule has 21 heavy (non-hydrogen) atoms. The molecule has 0 spiro atoms. The van der Waals surface area contributed by atoms with Crippen LogP contribution in [0.2, 0.25) is 5.02 Å². The molecule has 0 saturated heterocycles. The molecule has 0 bridgehead atoms. The van der Waals surface area contributed by atoms with Gasteiger partial charge in [0.25, 0.3) is 0 Å². The molecule has 0 unspecified atom stereocenters. The van der Waals surface area contributed by atoms with Gasteiger partial charge >= 0.3 is 0 Å². The first-order valence-corrected chi connectivity index (χ1v) is 7.30. The van der Waals surface area contributed by atoms with Crippen molar-refractivity contribution in [2.45, 2.75) is 19.8 Å². The van der Waals surface area contributed by atoms with E-state index in [4.69, 9.17) is 16.3 Å². The summed E-state index contributed by atoms with van der Waals surface area (Å²) in [6.45, 7) is 2.26. The van der Waals surface area contributed by atoms with Crippen molar-refractivity contribution < 1.29 is 14.3 Å². The molecule has 0 aliphatic heterocycles. The molecule has 1 aliphatic rings. The summed E-state index contributed by atoms with van der Waals surface area (Å²) in [5.41, 5.74) is 0.609. The SMILES string of the molecule is COc1ccc(Cl)cc1N(CCNC(=O)C1CC1)C(C)=O. The van der Waals surface area contributed by atoms with E-state index in [9.17, 15) is 9.59 Å². The molecule has 1 N–H and O–H groups in total. The highest BCUT2D eigenvalue weighted by Crippen LogP contribution is 2.31. The van der Waals surface area contributed by atoms with Gasteiger partial charge in [0.1, 0.15) is 5.75 Å². The van der Waals surface area contributed by atoms with Crippen molar-refractivity contribution in [2.24, 2.45) is 5.92 Å². The van der Waals surface area contributed by atoms with Crippen molar-refractivity contribution in [1.29, 1.82) is 0 Å². The summed E-state index contributed by atoms with van der Waals surface area (Å²) in [5.74, 6) is 0.674. The smallest absolute Gasteiger partial charge is 0.224 e. The summed E-state index contributed by atoms with van der Waals surface area (Å²) in [5, 5.41) is 3.37. The fourth-order valence-electron chi connectivity index (χ4n) is 2.10. The van der Waals surface area contributed by atoms with Gasteiger partial charge in [-0.05, 0) is 31.0 Å². The van der Waals surface area contributed by atoms with Crippen LogP contribution in [0.1, 0.15) is 19.8 Å². The van der Waals surface area contributed by atoms with Crippen LogP contribution in [0.15, 0.2) is 18.2 Å². The number of methoxy groups -OCH3 is 1. The van der Waals surface area contributed by atoms with Crippen LogP contribution in [0, 0.1) is 5.92 Å². The number of halogens is 1. The van der Waals surface area contributed by atoms with Crippen LogP contribution >= 0.6 is 11.6 Å². The highest BCUT2D eigenvalue weighted by Gasteiger charge is 2.29. The molecule has 1 saturated carbocycles. The number of anilines is 1. The Hall–Kier alpha value is -1.75. The lowest BCUT2D eigenvalue weighted by Gasteiger charge is -2.23. The number of benzene rings is 1. The van der Waals surface area contributed by atoms with Crippen molar-refractivity contribution in [3.63, 3.8) is 0 Å². The summed E-state index contributed by atoms with van der Waals surface area (Å²) in [4.78, 5) is 25.0. The van der Waals surface area contributed by atoms with Gasteiger partial charge in [-0.2, -0.15) is 0 Å². The van der Waals surface area contributed by atoms with Gasteiger partial charge in [-0.15, -0.1) is 0 Å². The largest absolute Gasteiger partial charge is 0.495 e. The highest BCUT2D eigenvalue weighted by atomic mass is 35.5. The van der Waals surface area contributed by atoms with E-state index in [1.165, 1.54) is 6.92 Å². The van der Waals surface area contributed by atoms with Crippen molar-refractivity contribution in [1.82, 2.24) is 5.32 Å². The van der Waals surface area contributed by atoms with Gasteiger partial charge in [-0.25, -0.2) is 0 Å². The lowest BCUT2D eigenvalue weighted by molar-refractivity contribution is -0.122. The number of carbonyl (C=O) groups excluding carboxylic acids is 2. The van der Waals surface area contributed by atoms with E-state index >= 15 is 0 Å². The summed E-state index contributed by atoms with van der Waals surface area (Å²) in [6.07, 6.45) is 1.93. The Labute approximate surface area is 129 Å². The number of amides is 2. The standard InChI is InChI=1S/C15H19ClN2O3/c1-10(19)18(8-7-17-15(20)11-3-4-11)13-9-12(16)5-6-14(13)21-2/h5-6,9,11H,3-4,7-8H2,1-2H3,(H,17,20). The zero-order chi connectivity index (χ0) is 15.4. The minimum Gasteiger partial charge on any atom is -0.495 e. The number of ether oxygens (including phenoxy) is 1. The fraction of sp³-hybridized carbons (Fsp3) is 0.467. The maximum absolute atomic E-state index is 11.9. The molecule has 0 radical (unpaired) electrons. The molecule has 0 atom stereocenters. The van der Waals surface area contributed by atoms with Crippen LogP contribution < -0.4 is 15.0 Å². The molecule has 1 aliphatic carbocycles. The lowest BCUT2D eigenvalue weighted by atomic mass is 10.2. The maximum Gasteiger partial charge on any atom is 0.224 e. The predicted molar refractivity (Wildman–Crippen MR) is 81.8 cm³/mol. The maximum atomic E-state index is 11.9. The molecule has 5 nitrogen and oxygen atoms in total. The molecular formula is C15H19ClN2O3. The number of hydrogen-bond acceptors (Lipinski definition) is 3. The first-order valence-electron chi connectivity index (χ1n) is 6.92. The molecule has 0 heterocycles. The molecule has 114 valence electrons. The van der Waals surface area contributed by atoms with E-state index in [0.29, 0.717) is 29.5 Å². The van der Waals surface area contributed by atoms with Gasteiger partial charge in [0.15, 0.2) is 0 Å². The van der Waals surface area contributed by atoms with Gasteiger partial charge in [-0.3, -0.25) is 9.59 Å². The van der Waals surface area contributed by atoms with Gasteiger partial charge in [0.05, 0.1) is 12.8 Å². The Bertz CT molecular complexity index is 544. The molecule has 1 aromatic carbocycles. The topological polar surface area (TPSA) is 58.6 Å². The van der Waals surface area contributed by atoms with E-state index in [1.54, 1.807) is 30.2 Å². The lowest BCUT2D eigenvalue weighted by Crippen LogP contribution is -2.38. The Morgan fingerprint density at radius 3 is 2.71 bits per heavy atom. The highest BCUT2D eigenvalue weighted by molar-refractivity contribution is 6.31. The third kappa shape index (κ3) is 4.11. The van der Waals surface area contributed by atoms with Crippen molar-refractivity contribution in [2.75, 3.05) is 25.1 Å². The third-order valence-electron chi connectivity index (χ3n) is 3.39. The second kappa shape index (κ2) is 6.80. The zero-order valence-corrected chi connectivity index (χ0v) is 12.9. The summed E-state index contributed by atoms with van der Waals surface area (Å²) in [7, 11) is 1.54. The number of hydrogen-bond donors (Lipinski definition) is 1. The van der Waals surface area contributed by atoms with Crippen molar-refractivity contribution in [3.8, 4) is 5.75 Å². The van der Waals surface area contributed by atoms with E-state index in [0.717, 1.165) is 12.8 Å². The molecular weight excluding hydrogens is 292 g/mol. The Balaban J connectivity index is 2.05. The minimum atomic E-state index is -0.128. The quantitative estimate of drug-likeness (QED) is 0.876. The number of nitrogens with one attached hydrogen (secondary N) is 1. The summed E-state index contributed by atoms with van der Waals surface area (Å²) < 4.78 is 5.27. The summed E-state index contributed by atoms with van der Waals surface area (Å²) in [6, 6.07) is 5.11. The third-order valence-corrected chi connectivity index (χ3v) is 3.63. The van der Waals surface area contributed by atoms with Crippen LogP contribution in [0.3, 0.4) is 0 Å². The molecule has 1 aromatic rings. The van der Waals surface area contributed by atoms with Crippen LogP contribution in [0.25, 0.3) is 0 Å². The number of carbonyl (C=O) groups is 2. The first kappa shape index (κ1) is 15.6. The van der Waals surface area contributed by atoms with Crippen LogP contribution in [-0.4, -0.2) is 32.0 Å². The molecule has 2 amide bonds. The normalized spacial score (nSPS) is 13.7. The van der Waals surface area contributed by atoms with Crippen LogP contribution in [0.5, 0.6) is 5.75 Å². The second-order valence-electron chi connectivity index (χ2n) is 5.05. The van der Waals surface area contributed by atoms with Gasteiger partial charge < -0.3 is 15.0 Å². The number of rotatable bonds is 6. The molecule has 6 heteroatoms. The van der Waals surface area contributed by atoms with E-state index < -0.39 is 0 Å². The first-order chi connectivity index (χ1) is 10.0. The second-order valence-corrected chi connectivity index (χ2v) is 5.49. The van der Waals surface area contributed by atoms with E-state index in [1.807, 2.05) is 0 Å². The molecule has 2 rings (SSSR count). The van der Waals surface area contributed by atoms with Crippen molar-refractivity contribution in [3.05, 3.63) is 23.2 Å². The van der Waals surface area contributed by atoms with E-state index in [2.05, 4.69) is 5.32 Å². The Morgan fingerprint density at radius 2 is 2.14 bits per heavy atom. The summed E-state index contributed by atoms with van der Waals surface area (Å²) >= 11 is 5.99. The average Bonchev–Trinajstić information content (AvgIpc) is 3.27. The molecule has 0 aromatic heterocycles. The fourth-order valence-corrected chi connectivity index (χ4v) is 2.27. The van der Waals surface area contributed by atoms with Crippen LogP contribution in [0.4, 0.5) is 5.69 Å². The minimum absolute atomic E-state index is 0.0663. The molecule has 1 fully saturated rings.